The van der Waals surface area contributed by atoms with E-state index >= 15 is 0 Å². The normalized spacial score (nSPS) is 14.5. The molecule has 3 heterocycles. The Hall–Kier alpha value is -3.74. The van der Waals surface area contributed by atoms with Crippen molar-refractivity contribution in [2.45, 2.75) is 38.6 Å². The number of aromatic nitrogens is 4. The molecule has 4 aromatic rings. The molecule has 0 aliphatic heterocycles. The zero-order valence-corrected chi connectivity index (χ0v) is 17.4. The van der Waals surface area contributed by atoms with Gasteiger partial charge in [0.05, 0.1) is 5.69 Å². The van der Waals surface area contributed by atoms with E-state index in [-0.39, 0.29) is 11.5 Å². The molecule has 5 rings (SSSR count). The van der Waals surface area contributed by atoms with Crippen LogP contribution in [0.4, 0.5) is 5.82 Å². The van der Waals surface area contributed by atoms with E-state index in [1.807, 2.05) is 60.0 Å². The Balaban J connectivity index is 1.54. The van der Waals surface area contributed by atoms with Crippen molar-refractivity contribution in [2.24, 2.45) is 0 Å². The predicted octanol–water partition coefficient (Wildman–Crippen LogP) is 3.94. The second-order valence-corrected chi connectivity index (χ2v) is 8.03. The Morgan fingerprint density at radius 2 is 1.87 bits per heavy atom. The highest BCUT2D eigenvalue weighted by molar-refractivity contribution is 5.97. The molecule has 1 saturated carbocycles. The SMILES string of the molecule is Cc1ccccc1-c1nc2ccccn2c1NC(=O)C(C)n1nc(C2CC2)ccc1=O. The van der Waals surface area contributed by atoms with Gasteiger partial charge in [-0.1, -0.05) is 30.3 Å². The van der Waals surface area contributed by atoms with Crippen molar-refractivity contribution in [2.75, 3.05) is 5.32 Å². The monoisotopic (exact) mass is 413 g/mol. The van der Waals surface area contributed by atoms with Crippen molar-refractivity contribution in [3.63, 3.8) is 0 Å². The maximum atomic E-state index is 13.2. The summed E-state index contributed by atoms with van der Waals surface area (Å²) in [5, 5.41) is 7.47. The van der Waals surface area contributed by atoms with Crippen molar-refractivity contribution in [1.29, 1.82) is 0 Å². The Labute approximate surface area is 179 Å². The molecule has 0 bridgehead atoms. The van der Waals surface area contributed by atoms with Crippen LogP contribution in [0, 0.1) is 6.92 Å². The summed E-state index contributed by atoms with van der Waals surface area (Å²) in [5.41, 5.74) is 4.01. The Bertz CT molecular complexity index is 1350. The molecule has 1 aromatic carbocycles. The van der Waals surface area contributed by atoms with Crippen LogP contribution >= 0.6 is 0 Å². The number of aryl methyl sites for hydroxylation is 1. The summed E-state index contributed by atoms with van der Waals surface area (Å²) in [6, 6.07) is 16.1. The first-order valence-corrected chi connectivity index (χ1v) is 10.5. The number of imidazole rings is 1. The van der Waals surface area contributed by atoms with E-state index in [1.165, 1.54) is 10.7 Å². The quantitative estimate of drug-likeness (QED) is 0.537. The Kier molecular flexibility index (Phi) is 4.66. The first-order valence-electron chi connectivity index (χ1n) is 10.5. The van der Waals surface area contributed by atoms with E-state index in [1.54, 1.807) is 13.0 Å². The summed E-state index contributed by atoms with van der Waals surface area (Å²) in [6.45, 7) is 3.71. The van der Waals surface area contributed by atoms with Gasteiger partial charge in [-0.25, -0.2) is 9.67 Å². The van der Waals surface area contributed by atoms with Gasteiger partial charge >= 0.3 is 0 Å². The third kappa shape index (κ3) is 3.52. The number of hydrogen-bond donors (Lipinski definition) is 1. The number of hydrogen-bond acceptors (Lipinski definition) is 4. The smallest absolute Gasteiger partial charge is 0.267 e. The number of rotatable bonds is 5. The minimum atomic E-state index is -0.759. The molecule has 1 amide bonds. The van der Waals surface area contributed by atoms with Crippen LogP contribution in [-0.4, -0.2) is 25.1 Å². The van der Waals surface area contributed by atoms with Crippen LogP contribution in [0.2, 0.25) is 0 Å². The fraction of sp³-hybridized carbons (Fsp3) is 0.250. The zero-order valence-electron chi connectivity index (χ0n) is 17.4. The average molecular weight is 413 g/mol. The lowest BCUT2D eigenvalue weighted by molar-refractivity contribution is -0.119. The molecule has 1 N–H and O–H groups in total. The predicted molar refractivity (Wildman–Crippen MR) is 119 cm³/mol. The Morgan fingerprint density at radius 1 is 1.10 bits per heavy atom. The second-order valence-electron chi connectivity index (χ2n) is 8.03. The molecule has 1 atom stereocenters. The third-order valence-corrected chi connectivity index (χ3v) is 5.76. The maximum Gasteiger partial charge on any atom is 0.267 e. The summed E-state index contributed by atoms with van der Waals surface area (Å²) in [7, 11) is 0. The minimum Gasteiger partial charge on any atom is -0.308 e. The van der Waals surface area contributed by atoms with Crippen LogP contribution in [0.5, 0.6) is 0 Å². The van der Waals surface area contributed by atoms with E-state index in [0.29, 0.717) is 17.4 Å². The van der Waals surface area contributed by atoms with Crippen molar-refractivity contribution >= 4 is 17.4 Å². The molecule has 0 spiro atoms. The van der Waals surface area contributed by atoms with Gasteiger partial charge < -0.3 is 5.32 Å². The molecule has 0 radical (unpaired) electrons. The lowest BCUT2D eigenvalue weighted by Crippen LogP contribution is -2.33. The van der Waals surface area contributed by atoms with E-state index in [4.69, 9.17) is 4.98 Å². The van der Waals surface area contributed by atoms with Crippen LogP contribution < -0.4 is 10.9 Å². The first-order chi connectivity index (χ1) is 15.0. The van der Waals surface area contributed by atoms with Gasteiger partial charge in [0.1, 0.15) is 23.2 Å². The molecule has 1 aliphatic rings. The number of carbonyl (C=O) groups excluding carboxylic acids is 1. The number of nitrogens with one attached hydrogen (secondary N) is 1. The Morgan fingerprint density at radius 3 is 2.65 bits per heavy atom. The van der Waals surface area contributed by atoms with Gasteiger partial charge in [-0.15, -0.1) is 0 Å². The van der Waals surface area contributed by atoms with E-state index in [0.717, 1.165) is 35.3 Å². The van der Waals surface area contributed by atoms with E-state index < -0.39 is 6.04 Å². The number of benzene rings is 1. The molecule has 31 heavy (non-hydrogen) atoms. The molecule has 0 saturated heterocycles. The number of nitrogens with zero attached hydrogens (tertiary/aromatic N) is 4. The van der Waals surface area contributed by atoms with E-state index in [9.17, 15) is 9.59 Å². The summed E-state index contributed by atoms with van der Waals surface area (Å²) in [5.74, 6) is 0.657. The molecule has 1 aliphatic carbocycles. The van der Waals surface area contributed by atoms with Crippen LogP contribution in [0.1, 0.15) is 43.0 Å². The highest BCUT2D eigenvalue weighted by Crippen LogP contribution is 2.38. The molecule has 3 aromatic heterocycles. The summed E-state index contributed by atoms with van der Waals surface area (Å²) in [4.78, 5) is 30.4. The van der Waals surface area contributed by atoms with Crippen LogP contribution in [0.25, 0.3) is 16.9 Å². The fourth-order valence-electron chi connectivity index (χ4n) is 3.79. The van der Waals surface area contributed by atoms with Crippen molar-refractivity contribution in [3.05, 3.63) is 82.4 Å². The maximum absolute atomic E-state index is 13.2. The molecule has 1 unspecified atom stereocenters. The number of fused-ring (bicyclic) bond motifs is 1. The van der Waals surface area contributed by atoms with Crippen LogP contribution in [0.15, 0.2) is 65.6 Å². The number of pyridine rings is 1. The van der Waals surface area contributed by atoms with Crippen molar-refractivity contribution < 1.29 is 4.79 Å². The summed E-state index contributed by atoms with van der Waals surface area (Å²) in [6.07, 6.45) is 4.02. The molecular weight excluding hydrogens is 390 g/mol. The summed E-state index contributed by atoms with van der Waals surface area (Å²) >= 11 is 0. The van der Waals surface area contributed by atoms with Gasteiger partial charge in [0.15, 0.2) is 0 Å². The van der Waals surface area contributed by atoms with Gasteiger partial charge in [-0.3, -0.25) is 14.0 Å². The highest BCUT2D eigenvalue weighted by Gasteiger charge is 2.27. The lowest BCUT2D eigenvalue weighted by Gasteiger charge is -2.16. The molecule has 1 fully saturated rings. The van der Waals surface area contributed by atoms with Gasteiger partial charge in [0.25, 0.3) is 5.56 Å². The van der Waals surface area contributed by atoms with Crippen LogP contribution in [-0.2, 0) is 4.79 Å². The number of amides is 1. The minimum absolute atomic E-state index is 0.288. The van der Waals surface area contributed by atoms with Crippen LogP contribution in [0.3, 0.4) is 0 Å². The largest absolute Gasteiger partial charge is 0.308 e. The zero-order chi connectivity index (χ0) is 21.5. The number of carbonyl (C=O) groups is 1. The molecular formula is C24H23N5O2. The van der Waals surface area contributed by atoms with Crippen molar-refractivity contribution in [3.8, 4) is 11.3 Å². The third-order valence-electron chi connectivity index (χ3n) is 5.76. The summed E-state index contributed by atoms with van der Waals surface area (Å²) < 4.78 is 3.13. The van der Waals surface area contributed by atoms with Gasteiger partial charge in [-0.2, -0.15) is 5.10 Å². The van der Waals surface area contributed by atoms with Gasteiger partial charge in [0, 0.05) is 23.7 Å². The average Bonchev–Trinajstić information content (AvgIpc) is 3.57. The topological polar surface area (TPSA) is 81.3 Å². The fourth-order valence-corrected chi connectivity index (χ4v) is 3.79. The number of anilines is 1. The van der Waals surface area contributed by atoms with Crippen molar-refractivity contribution in [1.82, 2.24) is 19.2 Å². The first kappa shape index (κ1) is 19.2. The highest BCUT2D eigenvalue weighted by atomic mass is 16.2. The molecule has 7 heteroatoms. The molecule has 156 valence electrons. The van der Waals surface area contributed by atoms with Gasteiger partial charge in [0.2, 0.25) is 5.91 Å². The lowest BCUT2D eigenvalue weighted by atomic mass is 10.1. The van der Waals surface area contributed by atoms with E-state index in [2.05, 4.69) is 10.4 Å². The molecule has 7 nitrogen and oxygen atoms in total. The van der Waals surface area contributed by atoms with Gasteiger partial charge in [-0.05, 0) is 50.5 Å². The standard InChI is InChI=1S/C24H23N5O2/c1-15-7-3-4-8-18(15)22-23(28-14-6-5-9-20(28)25-22)26-24(31)16(2)29-21(30)13-12-19(27-29)17-10-11-17/h3-9,12-14,16-17H,10-11H2,1-2H3,(H,26,31). The second kappa shape index (κ2) is 7.50.